The van der Waals surface area contributed by atoms with E-state index in [1.54, 1.807) is 6.92 Å². The SMILES string of the molecule is CC(CC(N)=O)N1CC(C(=O)O)CC1=O. The number of primary amides is 1. The maximum absolute atomic E-state index is 11.4. The van der Waals surface area contributed by atoms with Crippen molar-refractivity contribution in [1.82, 2.24) is 4.90 Å². The van der Waals surface area contributed by atoms with Crippen LogP contribution in [0.15, 0.2) is 0 Å². The third-order valence-corrected chi connectivity index (χ3v) is 2.54. The molecule has 84 valence electrons. The molecular weight excluding hydrogens is 200 g/mol. The largest absolute Gasteiger partial charge is 0.481 e. The highest BCUT2D eigenvalue weighted by Gasteiger charge is 2.36. The maximum atomic E-state index is 11.4. The summed E-state index contributed by atoms with van der Waals surface area (Å²) in [7, 11) is 0. The van der Waals surface area contributed by atoms with Crippen LogP contribution >= 0.6 is 0 Å². The molecule has 1 fully saturated rings. The molecule has 1 saturated heterocycles. The zero-order valence-electron chi connectivity index (χ0n) is 8.47. The van der Waals surface area contributed by atoms with E-state index < -0.39 is 17.8 Å². The van der Waals surface area contributed by atoms with Gasteiger partial charge in [0.25, 0.3) is 0 Å². The Kier molecular flexibility index (Phi) is 3.28. The number of hydrogen-bond acceptors (Lipinski definition) is 3. The van der Waals surface area contributed by atoms with Gasteiger partial charge in [-0.15, -0.1) is 0 Å². The number of carboxylic acid groups (broad SMARTS) is 1. The lowest BCUT2D eigenvalue weighted by atomic mass is 10.1. The van der Waals surface area contributed by atoms with Crippen LogP contribution in [0.1, 0.15) is 19.8 Å². The quantitative estimate of drug-likeness (QED) is 0.638. The smallest absolute Gasteiger partial charge is 0.308 e. The number of rotatable bonds is 4. The lowest BCUT2D eigenvalue weighted by Crippen LogP contribution is -2.37. The van der Waals surface area contributed by atoms with Gasteiger partial charge in [0.15, 0.2) is 0 Å². The minimum Gasteiger partial charge on any atom is -0.481 e. The van der Waals surface area contributed by atoms with Crippen molar-refractivity contribution in [2.45, 2.75) is 25.8 Å². The van der Waals surface area contributed by atoms with E-state index >= 15 is 0 Å². The van der Waals surface area contributed by atoms with E-state index in [-0.39, 0.29) is 31.3 Å². The van der Waals surface area contributed by atoms with E-state index in [0.717, 1.165) is 0 Å². The van der Waals surface area contributed by atoms with Gasteiger partial charge in [0.2, 0.25) is 11.8 Å². The van der Waals surface area contributed by atoms with E-state index in [2.05, 4.69) is 0 Å². The molecule has 0 saturated carbocycles. The number of nitrogens with zero attached hydrogens (tertiary/aromatic N) is 1. The first-order chi connectivity index (χ1) is 6.91. The molecule has 0 aromatic heterocycles. The maximum Gasteiger partial charge on any atom is 0.308 e. The van der Waals surface area contributed by atoms with Gasteiger partial charge in [0, 0.05) is 25.4 Å². The van der Waals surface area contributed by atoms with E-state index in [1.807, 2.05) is 0 Å². The monoisotopic (exact) mass is 214 g/mol. The van der Waals surface area contributed by atoms with Crippen molar-refractivity contribution in [3.8, 4) is 0 Å². The highest BCUT2D eigenvalue weighted by molar-refractivity contribution is 5.86. The Labute approximate surface area is 87.0 Å². The minimum atomic E-state index is -0.975. The summed E-state index contributed by atoms with van der Waals surface area (Å²) < 4.78 is 0. The summed E-state index contributed by atoms with van der Waals surface area (Å²) in [5.74, 6) is -2.35. The lowest BCUT2D eigenvalue weighted by Gasteiger charge is -2.23. The molecule has 6 heteroatoms. The predicted octanol–water partition coefficient (Wildman–Crippen LogP) is -0.817. The summed E-state index contributed by atoms with van der Waals surface area (Å²) in [5.41, 5.74) is 5.01. The molecule has 0 bridgehead atoms. The van der Waals surface area contributed by atoms with Crippen LogP contribution in [0.2, 0.25) is 0 Å². The van der Waals surface area contributed by atoms with Crippen LogP contribution in [0.25, 0.3) is 0 Å². The molecule has 2 amide bonds. The fourth-order valence-electron chi connectivity index (χ4n) is 1.72. The average molecular weight is 214 g/mol. The van der Waals surface area contributed by atoms with Crippen molar-refractivity contribution in [1.29, 1.82) is 0 Å². The molecule has 15 heavy (non-hydrogen) atoms. The molecule has 0 aromatic rings. The van der Waals surface area contributed by atoms with Crippen molar-refractivity contribution >= 4 is 17.8 Å². The van der Waals surface area contributed by atoms with Crippen LogP contribution in [0.4, 0.5) is 0 Å². The standard InChI is InChI=1S/C9H14N2O4/c1-5(2-7(10)12)11-4-6(9(14)15)3-8(11)13/h5-6H,2-4H2,1H3,(H2,10,12)(H,14,15). The predicted molar refractivity (Wildman–Crippen MR) is 50.7 cm³/mol. The van der Waals surface area contributed by atoms with Crippen molar-refractivity contribution in [2.24, 2.45) is 11.7 Å². The molecule has 0 radical (unpaired) electrons. The number of amides is 2. The summed E-state index contributed by atoms with van der Waals surface area (Å²) in [5, 5.41) is 8.74. The molecule has 1 rings (SSSR count). The Morgan fingerprint density at radius 3 is 2.67 bits per heavy atom. The summed E-state index contributed by atoms with van der Waals surface area (Å²) in [6, 6.07) is -0.320. The number of aliphatic carboxylic acids is 1. The number of carboxylic acids is 1. The second kappa shape index (κ2) is 4.29. The number of carbonyl (C=O) groups excluding carboxylic acids is 2. The molecule has 2 atom stereocenters. The Balaban J connectivity index is 2.60. The highest BCUT2D eigenvalue weighted by Crippen LogP contribution is 2.21. The van der Waals surface area contributed by atoms with Crippen LogP contribution in [0.3, 0.4) is 0 Å². The number of likely N-dealkylation sites (tertiary alicyclic amines) is 1. The molecule has 1 aliphatic rings. The number of nitrogens with two attached hydrogens (primary N) is 1. The van der Waals surface area contributed by atoms with Gasteiger partial charge in [-0.25, -0.2) is 0 Å². The zero-order valence-corrected chi connectivity index (χ0v) is 8.47. The Bertz CT molecular complexity index is 302. The first kappa shape index (κ1) is 11.5. The topological polar surface area (TPSA) is 101 Å². The summed E-state index contributed by atoms with van der Waals surface area (Å²) >= 11 is 0. The van der Waals surface area contributed by atoms with Crippen molar-refractivity contribution in [2.75, 3.05) is 6.54 Å². The van der Waals surface area contributed by atoms with E-state index in [4.69, 9.17) is 10.8 Å². The molecule has 6 nitrogen and oxygen atoms in total. The van der Waals surface area contributed by atoms with Crippen LogP contribution in [-0.4, -0.2) is 40.4 Å². The van der Waals surface area contributed by atoms with Crippen LogP contribution < -0.4 is 5.73 Å². The molecule has 1 heterocycles. The van der Waals surface area contributed by atoms with Crippen LogP contribution in [0, 0.1) is 5.92 Å². The first-order valence-corrected chi connectivity index (χ1v) is 4.72. The molecule has 2 unspecified atom stereocenters. The molecule has 0 spiro atoms. The van der Waals surface area contributed by atoms with Gasteiger partial charge in [-0.3, -0.25) is 14.4 Å². The molecule has 0 aromatic carbocycles. The third-order valence-electron chi connectivity index (χ3n) is 2.54. The van der Waals surface area contributed by atoms with Crippen LogP contribution in [-0.2, 0) is 14.4 Å². The van der Waals surface area contributed by atoms with Gasteiger partial charge >= 0.3 is 5.97 Å². The second-order valence-electron chi connectivity index (χ2n) is 3.80. The van der Waals surface area contributed by atoms with Gasteiger partial charge in [0.05, 0.1) is 5.92 Å². The Morgan fingerprint density at radius 2 is 2.27 bits per heavy atom. The number of hydrogen-bond donors (Lipinski definition) is 2. The fraction of sp³-hybridized carbons (Fsp3) is 0.667. The third kappa shape index (κ3) is 2.68. The molecule has 0 aliphatic carbocycles. The normalized spacial score (nSPS) is 22.9. The summed E-state index contributed by atoms with van der Waals surface area (Å²) in [4.78, 5) is 34.2. The second-order valence-corrected chi connectivity index (χ2v) is 3.80. The molecule has 1 aliphatic heterocycles. The minimum absolute atomic E-state index is 0.0123. The van der Waals surface area contributed by atoms with Crippen molar-refractivity contribution < 1.29 is 19.5 Å². The van der Waals surface area contributed by atoms with Crippen molar-refractivity contribution in [3.05, 3.63) is 0 Å². The number of carbonyl (C=O) groups is 3. The average Bonchev–Trinajstić information content (AvgIpc) is 2.46. The Morgan fingerprint density at radius 1 is 1.67 bits per heavy atom. The summed E-state index contributed by atoms with van der Waals surface area (Å²) in [6.45, 7) is 1.86. The Hall–Kier alpha value is -1.59. The van der Waals surface area contributed by atoms with E-state index in [9.17, 15) is 14.4 Å². The van der Waals surface area contributed by atoms with E-state index in [0.29, 0.717) is 0 Å². The van der Waals surface area contributed by atoms with Gasteiger partial charge in [0.1, 0.15) is 0 Å². The summed E-state index contributed by atoms with van der Waals surface area (Å²) in [6.07, 6.45) is 0.0799. The van der Waals surface area contributed by atoms with E-state index in [1.165, 1.54) is 4.90 Å². The van der Waals surface area contributed by atoms with Gasteiger partial charge in [-0.1, -0.05) is 0 Å². The zero-order chi connectivity index (χ0) is 11.6. The molecular formula is C9H14N2O4. The van der Waals surface area contributed by atoms with Crippen molar-refractivity contribution in [3.63, 3.8) is 0 Å². The van der Waals surface area contributed by atoms with Crippen LogP contribution in [0.5, 0.6) is 0 Å². The van der Waals surface area contributed by atoms with Gasteiger partial charge < -0.3 is 15.7 Å². The highest BCUT2D eigenvalue weighted by atomic mass is 16.4. The lowest BCUT2D eigenvalue weighted by molar-refractivity contribution is -0.141. The first-order valence-electron chi connectivity index (χ1n) is 4.72. The van der Waals surface area contributed by atoms with Gasteiger partial charge in [-0.05, 0) is 6.92 Å². The fourth-order valence-corrected chi connectivity index (χ4v) is 1.72. The van der Waals surface area contributed by atoms with Gasteiger partial charge in [-0.2, -0.15) is 0 Å². The molecule has 3 N–H and O–H groups in total.